The first kappa shape index (κ1) is 22.9. The molecular formula is C23H28N6O3S. The lowest BCUT2D eigenvalue weighted by Gasteiger charge is -2.35. The number of para-hydroxylation sites is 1. The number of nitrogens with zero attached hydrogens (tertiary/aromatic N) is 6. The minimum absolute atomic E-state index is 0.346. The van der Waals surface area contributed by atoms with Crippen molar-refractivity contribution in [3.63, 3.8) is 0 Å². The molecule has 0 amide bonds. The van der Waals surface area contributed by atoms with Gasteiger partial charge in [0.15, 0.2) is 10.6 Å². The summed E-state index contributed by atoms with van der Waals surface area (Å²) in [6.45, 7) is 6.11. The van der Waals surface area contributed by atoms with E-state index in [1.165, 1.54) is 0 Å². The number of rotatable bonds is 7. The molecule has 0 N–H and O–H groups in total. The van der Waals surface area contributed by atoms with E-state index in [1.807, 2.05) is 46.6 Å². The highest BCUT2D eigenvalue weighted by atomic mass is 32.1. The Kier molecular flexibility index (Phi) is 7.05. The highest BCUT2D eigenvalue weighted by molar-refractivity contribution is 7.71. The van der Waals surface area contributed by atoms with Crippen LogP contribution >= 0.6 is 12.2 Å². The molecule has 0 atom stereocenters. The summed E-state index contributed by atoms with van der Waals surface area (Å²) in [7, 11) is 3.58. The second-order valence-electron chi connectivity index (χ2n) is 7.74. The van der Waals surface area contributed by atoms with Gasteiger partial charge in [-0.15, -0.1) is 0 Å². The third-order valence-corrected chi connectivity index (χ3v) is 6.16. The Hall–Kier alpha value is -3.24. The van der Waals surface area contributed by atoms with Gasteiger partial charge in [-0.2, -0.15) is 5.10 Å². The van der Waals surface area contributed by atoms with Crippen LogP contribution in [0.25, 0.3) is 11.4 Å². The third-order valence-electron chi connectivity index (χ3n) is 5.68. The monoisotopic (exact) mass is 468 g/mol. The predicted octanol–water partition coefficient (Wildman–Crippen LogP) is 2.98. The number of aromatic nitrogens is 4. The van der Waals surface area contributed by atoms with Gasteiger partial charge in [-0.05, 0) is 43.4 Å². The van der Waals surface area contributed by atoms with E-state index >= 15 is 0 Å². The molecule has 0 unspecified atom stereocenters. The van der Waals surface area contributed by atoms with Crippen LogP contribution in [0.1, 0.15) is 17.3 Å². The van der Waals surface area contributed by atoms with Crippen molar-refractivity contribution in [3.05, 3.63) is 52.9 Å². The molecule has 10 heteroatoms. The van der Waals surface area contributed by atoms with Gasteiger partial charge in [0.05, 0.1) is 31.5 Å². The molecule has 1 aliphatic heterocycles. The summed E-state index contributed by atoms with van der Waals surface area (Å²) in [6, 6.07) is 11.4. The van der Waals surface area contributed by atoms with Crippen LogP contribution in [0.5, 0.6) is 5.75 Å². The van der Waals surface area contributed by atoms with Crippen molar-refractivity contribution in [3.8, 4) is 17.1 Å². The van der Waals surface area contributed by atoms with Gasteiger partial charge in [0, 0.05) is 39.4 Å². The smallest absolute Gasteiger partial charge is 0.339 e. The molecule has 1 fully saturated rings. The SMILES string of the molecule is CCOC(=O)c1ccc(N2CCN(Cn3nc(-c4ccccc4OC)n(C)c3=S)CC2)nc1. The molecule has 0 aliphatic carbocycles. The minimum atomic E-state index is -0.346. The van der Waals surface area contributed by atoms with Gasteiger partial charge in [-0.3, -0.25) is 4.90 Å². The van der Waals surface area contributed by atoms with Crippen molar-refractivity contribution < 1.29 is 14.3 Å². The fourth-order valence-electron chi connectivity index (χ4n) is 3.86. The van der Waals surface area contributed by atoms with E-state index in [-0.39, 0.29) is 5.97 Å². The minimum Gasteiger partial charge on any atom is -0.496 e. The number of pyridine rings is 1. The Labute approximate surface area is 198 Å². The molecule has 1 aromatic carbocycles. The Bertz CT molecular complexity index is 1170. The normalized spacial score (nSPS) is 14.3. The summed E-state index contributed by atoms with van der Waals surface area (Å²) >= 11 is 5.65. The molecule has 174 valence electrons. The average molecular weight is 469 g/mol. The lowest BCUT2D eigenvalue weighted by atomic mass is 10.2. The maximum Gasteiger partial charge on any atom is 0.339 e. The molecular weight excluding hydrogens is 440 g/mol. The van der Waals surface area contributed by atoms with Gasteiger partial charge >= 0.3 is 5.97 Å². The van der Waals surface area contributed by atoms with E-state index in [4.69, 9.17) is 26.8 Å². The van der Waals surface area contributed by atoms with E-state index < -0.39 is 0 Å². The van der Waals surface area contributed by atoms with Gasteiger partial charge in [0.1, 0.15) is 11.6 Å². The van der Waals surface area contributed by atoms with Crippen LogP contribution in [0.4, 0.5) is 5.82 Å². The Balaban J connectivity index is 1.41. The fraction of sp³-hybridized carbons (Fsp3) is 0.391. The Morgan fingerprint density at radius 3 is 2.55 bits per heavy atom. The van der Waals surface area contributed by atoms with Gasteiger partial charge in [0.2, 0.25) is 0 Å². The van der Waals surface area contributed by atoms with Crippen LogP contribution in [0.15, 0.2) is 42.6 Å². The number of esters is 1. The number of benzene rings is 1. The van der Waals surface area contributed by atoms with E-state index in [1.54, 1.807) is 26.3 Å². The molecule has 0 spiro atoms. The number of ether oxygens (including phenoxy) is 2. The zero-order valence-electron chi connectivity index (χ0n) is 19.1. The van der Waals surface area contributed by atoms with Crippen molar-refractivity contribution >= 4 is 24.0 Å². The van der Waals surface area contributed by atoms with Crippen LogP contribution in [0, 0.1) is 4.77 Å². The number of hydrogen-bond donors (Lipinski definition) is 0. The molecule has 33 heavy (non-hydrogen) atoms. The Morgan fingerprint density at radius 2 is 1.88 bits per heavy atom. The lowest BCUT2D eigenvalue weighted by Crippen LogP contribution is -2.47. The summed E-state index contributed by atoms with van der Waals surface area (Å²) in [6.07, 6.45) is 1.58. The number of piperazine rings is 1. The summed E-state index contributed by atoms with van der Waals surface area (Å²) in [4.78, 5) is 20.8. The maximum absolute atomic E-state index is 11.8. The number of carbonyl (C=O) groups is 1. The molecule has 9 nitrogen and oxygen atoms in total. The molecule has 0 saturated carbocycles. The second-order valence-corrected chi connectivity index (χ2v) is 8.10. The van der Waals surface area contributed by atoms with Crippen LogP contribution in [-0.2, 0) is 18.5 Å². The van der Waals surface area contributed by atoms with E-state index in [2.05, 4.69) is 14.8 Å². The zero-order chi connectivity index (χ0) is 23.4. The zero-order valence-corrected chi connectivity index (χ0v) is 19.9. The predicted molar refractivity (Wildman–Crippen MR) is 128 cm³/mol. The first-order valence-electron chi connectivity index (χ1n) is 10.9. The number of anilines is 1. The maximum atomic E-state index is 11.8. The summed E-state index contributed by atoms with van der Waals surface area (Å²) in [5, 5.41) is 4.78. The van der Waals surface area contributed by atoms with E-state index in [0.29, 0.717) is 23.6 Å². The summed E-state index contributed by atoms with van der Waals surface area (Å²) in [5.74, 6) is 2.06. The first-order chi connectivity index (χ1) is 16.0. The molecule has 4 rings (SSSR count). The summed E-state index contributed by atoms with van der Waals surface area (Å²) in [5.41, 5.74) is 1.38. The van der Waals surface area contributed by atoms with Crippen molar-refractivity contribution in [2.24, 2.45) is 7.05 Å². The van der Waals surface area contributed by atoms with E-state index in [0.717, 1.165) is 49.1 Å². The molecule has 2 aromatic heterocycles. The second kappa shape index (κ2) is 10.1. The van der Waals surface area contributed by atoms with E-state index in [9.17, 15) is 4.79 Å². The standard InChI is InChI=1S/C23H28N6O3S/c1-4-32-22(30)17-9-10-20(24-15-17)28-13-11-27(12-14-28)16-29-23(33)26(2)21(25-29)18-7-5-6-8-19(18)31-3/h5-10,15H,4,11-14,16H2,1-3H3. The van der Waals surface area contributed by atoms with Crippen molar-refractivity contribution in [2.45, 2.75) is 13.6 Å². The summed E-state index contributed by atoms with van der Waals surface area (Å²) < 4.78 is 15.0. The first-order valence-corrected chi connectivity index (χ1v) is 11.3. The average Bonchev–Trinajstić information content (AvgIpc) is 3.13. The van der Waals surface area contributed by atoms with Crippen molar-refractivity contribution in [2.75, 3.05) is 44.8 Å². The number of hydrogen-bond acceptors (Lipinski definition) is 8. The molecule has 0 radical (unpaired) electrons. The quantitative estimate of drug-likeness (QED) is 0.387. The molecule has 0 bridgehead atoms. The fourth-order valence-corrected chi connectivity index (χ4v) is 4.05. The largest absolute Gasteiger partial charge is 0.496 e. The van der Waals surface area contributed by atoms with Gasteiger partial charge < -0.3 is 18.9 Å². The topological polar surface area (TPSA) is 77.6 Å². The molecule has 1 saturated heterocycles. The van der Waals surface area contributed by atoms with Gasteiger partial charge in [-0.1, -0.05) is 12.1 Å². The third kappa shape index (κ3) is 4.91. The van der Waals surface area contributed by atoms with Gasteiger partial charge in [0.25, 0.3) is 0 Å². The lowest BCUT2D eigenvalue weighted by molar-refractivity contribution is 0.0526. The molecule has 3 heterocycles. The van der Waals surface area contributed by atoms with Crippen LogP contribution in [0.3, 0.4) is 0 Å². The number of methoxy groups -OCH3 is 1. The van der Waals surface area contributed by atoms with Gasteiger partial charge in [-0.25, -0.2) is 14.5 Å². The van der Waals surface area contributed by atoms with Crippen LogP contribution in [-0.4, -0.2) is 70.1 Å². The highest BCUT2D eigenvalue weighted by Crippen LogP contribution is 2.28. The number of carbonyl (C=O) groups excluding carboxylic acids is 1. The molecule has 1 aliphatic rings. The highest BCUT2D eigenvalue weighted by Gasteiger charge is 2.21. The van der Waals surface area contributed by atoms with Crippen LogP contribution in [0.2, 0.25) is 0 Å². The van der Waals surface area contributed by atoms with Crippen molar-refractivity contribution in [1.82, 2.24) is 24.2 Å². The van der Waals surface area contributed by atoms with Crippen LogP contribution < -0.4 is 9.64 Å². The van der Waals surface area contributed by atoms with Crippen molar-refractivity contribution in [1.29, 1.82) is 0 Å². The Morgan fingerprint density at radius 1 is 1.12 bits per heavy atom. The molecule has 3 aromatic rings.